The first-order valence-corrected chi connectivity index (χ1v) is 9.78. The summed E-state index contributed by atoms with van der Waals surface area (Å²) >= 11 is 0. The summed E-state index contributed by atoms with van der Waals surface area (Å²) in [4.78, 5) is 24.4. The van der Waals surface area contributed by atoms with Crippen molar-refractivity contribution in [1.29, 1.82) is 0 Å². The first-order chi connectivity index (χ1) is 14.5. The van der Waals surface area contributed by atoms with Gasteiger partial charge < -0.3 is 23.7 Å². The van der Waals surface area contributed by atoms with E-state index in [-0.39, 0.29) is 24.0 Å². The third kappa shape index (κ3) is 4.31. The molecule has 2 heterocycles. The number of esters is 1. The third-order valence-electron chi connectivity index (χ3n) is 5.11. The summed E-state index contributed by atoms with van der Waals surface area (Å²) < 4.78 is 21.9. The van der Waals surface area contributed by atoms with Crippen molar-refractivity contribution in [3.05, 3.63) is 69.6 Å². The molecule has 0 radical (unpaired) electrons. The van der Waals surface area contributed by atoms with Gasteiger partial charge >= 0.3 is 11.6 Å². The molecule has 0 bridgehead atoms. The Hall–Kier alpha value is -3.32. The fourth-order valence-corrected chi connectivity index (χ4v) is 3.44. The van der Waals surface area contributed by atoms with Crippen LogP contribution in [0.25, 0.3) is 11.0 Å². The maximum Gasteiger partial charge on any atom is 0.338 e. The quantitative estimate of drug-likeness (QED) is 0.489. The number of aromatic hydroxyl groups is 1. The minimum absolute atomic E-state index is 0.0274. The molecule has 1 aliphatic rings. The molecule has 1 N–H and O–H groups in total. The van der Waals surface area contributed by atoms with Gasteiger partial charge in [-0.3, -0.25) is 0 Å². The van der Waals surface area contributed by atoms with Gasteiger partial charge in [0.05, 0.1) is 11.7 Å². The van der Waals surface area contributed by atoms with Crippen molar-refractivity contribution in [3.63, 3.8) is 0 Å². The Kier molecular flexibility index (Phi) is 5.72. The Morgan fingerprint density at radius 2 is 2.10 bits per heavy atom. The molecule has 156 valence electrons. The van der Waals surface area contributed by atoms with Gasteiger partial charge in [0.15, 0.2) is 0 Å². The largest absolute Gasteiger partial charge is 0.508 e. The Morgan fingerprint density at radius 3 is 2.90 bits per heavy atom. The van der Waals surface area contributed by atoms with Crippen molar-refractivity contribution in [3.8, 4) is 11.5 Å². The molecule has 1 aromatic heterocycles. The van der Waals surface area contributed by atoms with Gasteiger partial charge in [0.2, 0.25) is 0 Å². The number of carbonyl (C=O) groups is 1. The minimum atomic E-state index is -0.577. The molecular formula is C23H22O7. The first kappa shape index (κ1) is 20.0. The summed E-state index contributed by atoms with van der Waals surface area (Å²) in [6.45, 7) is 2.74. The molecule has 1 atom stereocenters. The average molecular weight is 410 g/mol. The number of ether oxygens (including phenoxy) is 3. The van der Waals surface area contributed by atoms with E-state index in [0.29, 0.717) is 34.4 Å². The highest BCUT2D eigenvalue weighted by molar-refractivity contribution is 5.90. The lowest BCUT2D eigenvalue weighted by molar-refractivity contribution is 0.0472. The van der Waals surface area contributed by atoms with Crippen molar-refractivity contribution >= 4 is 16.9 Å². The lowest BCUT2D eigenvalue weighted by Crippen LogP contribution is -2.16. The molecule has 0 amide bonds. The summed E-state index contributed by atoms with van der Waals surface area (Å²) in [7, 11) is 0. The van der Waals surface area contributed by atoms with Crippen molar-refractivity contribution in [2.45, 2.75) is 32.5 Å². The van der Waals surface area contributed by atoms with Gasteiger partial charge in [0.25, 0.3) is 0 Å². The molecule has 0 aliphatic carbocycles. The average Bonchev–Trinajstić information content (AvgIpc) is 3.27. The highest BCUT2D eigenvalue weighted by Gasteiger charge is 2.17. The van der Waals surface area contributed by atoms with E-state index in [9.17, 15) is 14.7 Å². The second-order valence-corrected chi connectivity index (χ2v) is 7.23. The zero-order chi connectivity index (χ0) is 21.1. The van der Waals surface area contributed by atoms with Crippen molar-refractivity contribution in [2.75, 3.05) is 13.2 Å². The molecule has 2 aromatic carbocycles. The van der Waals surface area contributed by atoms with E-state index in [4.69, 9.17) is 18.6 Å². The number of phenolic OH excluding ortho intramolecular Hbond substituents is 1. The van der Waals surface area contributed by atoms with E-state index in [0.717, 1.165) is 19.4 Å². The standard InChI is InChI=1S/C23H22O7/c1-14-20(24)8-7-19-16(11-21(25)30-22(14)19)12-29-23(26)15-4-2-5-17(10-15)28-13-18-6-3-9-27-18/h2,4-5,7-8,10-11,18,24H,3,6,9,12-13H2,1H3/t18-/m1/s1. The van der Waals surface area contributed by atoms with Crippen LogP contribution in [0.15, 0.2) is 51.7 Å². The Balaban J connectivity index is 1.46. The van der Waals surface area contributed by atoms with Crippen LogP contribution in [0.3, 0.4) is 0 Å². The van der Waals surface area contributed by atoms with Gasteiger partial charge in [-0.05, 0) is 50.1 Å². The van der Waals surface area contributed by atoms with Crippen LogP contribution in [0.4, 0.5) is 0 Å². The van der Waals surface area contributed by atoms with E-state index in [2.05, 4.69) is 0 Å². The first-order valence-electron chi connectivity index (χ1n) is 9.78. The summed E-state index contributed by atoms with van der Waals surface area (Å²) in [6, 6.07) is 11.2. The SMILES string of the molecule is Cc1c(O)ccc2c(COC(=O)c3cccc(OC[C@H]4CCCO4)c3)cc(=O)oc12. The van der Waals surface area contributed by atoms with Crippen LogP contribution in [-0.2, 0) is 16.1 Å². The molecule has 1 fully saturated rings. The number of hydrogen-bond donors (Lipinski definition) is 1. The predicted octanol–water partition coefficient (Wildman–Crippen LogP) is 3.72. The Bertz CT molecular complexity index is 1130. The number of phenols is 1. The molecule has 30 heavy (non-hydrogen) atoms. The van der Waals surface area contributed by atoms with E-state index in [1.54, 1.807) is 37.3 Å². The lowest BCUT2D eigenvalue weighted by Gasteiger charge is -2.12. The number of aryl methyl sites for hydroxylation is 1. The topological polar surface area (TPSA) is 95.2 Å². The summed E-state index contributed by atoms with van der Waals surface area (Å²) in [5.74, 6) is 0.0610. The minimum Gasteiger partial charge on any atom is -0.508 e. The van der Waals surface area contributed by atoms with Gasteiger partial charge in [-0.25, -0.2) is 9.59 Å². The van der Waals surface area contributed by atoms with Crippen LogP contribution >= 0.6 is 0 Å². The van der Waals surface area contributed by atoms with Gasteiger partial charge in [-0.2, -0.15) is 0 Å². The normalized spacial score (nSPS) is 16.0. The Morgan fingerprint density at radius 1 is 1.23 bits per heavy atom. The zero-order valence-corrected chi connectivity index (χ0v) is 16.6. The van der Waals surface area contributed by atoms with Crippen LogP contribution in [-0.4, -0.2) is 30.4 Å². The fraction of sp³-hybridized carbons (Fsp3) is 0.304. The van der Waals surface area contributed by atoms with Crippen LogP contribution in [0.2, 0.25) is 0 Å². The maximum atomic E-state index is 12.5. The van der Waals surface area contributed by atoms with E-state index < -0.39 is 11.6 Å². The molecular weight excluding hydrogens is 388 g/mol. The number of hydrogen-bond acceptors (Lipinski definition) is 7. The molecule has 0 saturated carbocycles. The number of fused-ring (bicyclic) bond motifs is 1. The van der Waals surface area contributed by atoms with Gasteiger partial charge in [-0.15, -0.1) is 0 Å². The maximum absolute atomic E-state index is 12.5. The second-order valence-electron chi connectivity index (χ2n) is 7.23. The number of rotatable bonds is 6. The van der Waals surface area contributed by atoms with E-state index in [1.165, 1.54) is 12.1 Å². The van der Waals surface area contributed by atoms with Gasteiger partial charge in [0.1, 0.15) is 30.3 Å². The van der Waals surface area contributed by atoms with Crippen LogP contribution in [0, 0.1) is 6.92 Å². The molecule has 0 unspecified atom stereocenters. The monoisotopic (exact) mass is 410 g/mol. The molecule has 7 nitrogen and oxygen atoms in total. The smallest absolute Gasteiger partial charge is 0.338 e. The highest BCUT2D eigenvalue weighted by Crippen LogP contribution is 2.28. The third-order valence-corrected chi connectivity index (χ3v) is 5.11. The van der Waals surface area contributed by atoms with Gasteiger partial charge in [0, 0.05) is 29.2 Å². The van der Waals surface area contributed by atoms with Crippen molar-refractivity contribution in [1.82, 2.24) is 0 Å². The molecule has 1 saturated heterocycles. The van der Waals surface area contributed by atoms with Crippen LogP contribution < -0.4 is 10.4 Å². The van der Waals surface area contributed by atoms with E-state index in [1.807, 2.05) is 0 Å². The van der Waals surface area contributed by atoms with Crippen molar-refractivity contribution in [2.24, 2.45) is 0 Å². The summed E-state index contributed by atoms with van der Waals surface area (Å²) in [5.41, 5.74) is 1.00. The summed E-state index contributed by atoms with van der Waals surface area (Å²) in [6.07, 6.45) is 2.09. The fourth-order valence-electron chi connectivity index (χ4n) is 3.44. The summed E-state index contributed by atoms with van der Waals surface area (Å²) in [5, 5.41) is 10.4. The zero-order valence-electron chi connectivity index (χ0n) is 16.6. The number of carbonyl (C=O) groups excluding carboxylic acids is 1. The molecule has 7 heteroatoms. The molecule has 0 spiro atoms. The van der Waals surface area contributed by atoms with Crippen LogP contribution in [0.1, 0.15) is 34.3 Å². The number of benzene rings is 2. The lowest BCUT2D eigenvalue weighted by atomic mass is 10.1. The second kappa shape index (κ2) is 8.59. The molecule has 3 aromatic rings. The van der Waals surface area contributed by atoms with Gasteiger partial charge in [-0.1, -0.05) is 6.07 Å². The predicted molar refractivity (Wildman–Crippen MR) is 109 cm³/mol. The van der Waals surface area contributed by atoms with Crippen molar-refractivity contribution < 1.29 is 28.5 Å². The molecule has 4 rings (SSSR count). The van der Waals surface area contributed by atoms with E-state index >= 15 is 0 Å². The highest BCUT2D eigenvalue weighted by atomic mass is 16.5. The Labute approximate surface area is 172 Å². The van der Waals surface area contributed by atoms with Crippen LogP contribution in [0.5, 0.6) is 11.5 Å². The molecule has 1 aliphatic heterocycles.